The summed E-state index contributed by atoms with van der Waals surface area (Å²) in [7, 11) is 0. The van der Waals surface area contributed by atoms with Gasteiger partial charge < -0.3 is 9.15 Å². The Morgan fingerprint density at radius 2 is 1.31 bits per heavy atom. The van der Waals surface area contributed by atoms with E-state index >= 15 is 0 Å². The zero-order valence-electron chi connectivity index (χ0n) is 18.3. The van der Waals surface area contributed by atoms with Crippen molar-refractivity contribution in [3.05, 3.63) is 128 Å². The minimum absolute atomic E-state index is 0.519. The van der Waals surface area contributed by atoms with Gasteiger partial charge in [0.25, 0.3) is 0 Å². The van der Waals surface area contributed by atoms with E-state index in [1.165, 1.54) is 22.3 Å². The number of hydrogen-bond donors (Lipinski definition) is 0. The molecule has 0 atom stereocenters. The molecule has 0 N–H and O–H groups in total. The van der Waals surface area contributed by atoms with Gasteiger partial charge in [0.05, 0.1) is 9.89 Å². The van der Waals surface area contributed by atoms with E-state index in [2.05, 4.69) is 105 Å². The second-order valence-corrected chi connectivity index (χ2v) is 10.9. The molecule has 0 saturated carbocycles. The van der Waals surface area contributed by atoms with Crippen molar-refractivity contribution in [3.63, 3.8) is 0 Å². The van der Waals surface area contributed by atoms with Crippen molar-refractivity contribution in [1.82, 2.24) is 0 Å². The third-order valence-electron chi connectivity index (χ3n) is 7.46. The number of fused-ring (bicyclic) bond motifs is 13. The molecule has 0 amide bonds. The summed E-state index contributed by atoms with van der Waals surface area (Å²) in [5, 5.41) is 2.27. The Labute approximate surface area is 218 Å². The van der Waals surface area contributed by atoms with Crippen LogP contribution in [0.4, 0.5) is 0 Å². The highest BCUT2D eigenvalue weighted by Gasteiger charge is 2.52. The van der Waals surface area contributed by atoms with E-state index in [9.17, 15) is 0 Å². The lowest BCUT2D eigenvalue weighted by Crippen LogP contribution is -2.32. The van der Waals surface area contributed by atoms with Crippen LogP contribution in [0, 0.1) is 0 Å². The Morgan fingerprint density at radius 1 is 0.629 bits per heavy atom. The molecule has 4 heteroatoms. The largest absolute Gasteiger partial charge is 0.457 e. The number of benzene rings is 5. The lowest BCUT2D eigenvalue weighted by molar-refractivity contribution is 0.436. The fourth-order valence-corrected chi connectivity index (χ4v) is 7.07. The molecule has 1 aromatic heterocycles. The highest BCUT2D eigenvalue weighted by molar-refractivity contribution is 9.11. The Hall–Kier alpha value is -3.34. The molecule has 0 bridgehead atoms. The Balaban J connectivity index is 1.67. The standard InChI is InChI=1S/C31H16Br2O2/c32-17-13-14-18-22(15-17)31(20-8-2-5-11-26(20)34-27-12-6-3-9-21(27)31)23-16-24(33)30-29(28(18)23)19-7-1-4-10-25(19)35-30/h1-16H. The average molecular weight is 580 g/mol. The molecular weight excluding hydrogens is 564 g/mol. The zero-order valence-corrected chi connectivity index (χ0v) is 21.5. The van der Waals surface area contributed by atoms with Gasteiger partial charge in [-0.2, -0.15) is 0 Å². The molecule has 0 unspecified atom stereocenters. The summed E-state index contributed by atoms with van der Waals surface area (Å²) in [6.45, 7) is 0. The van der Waals surface area contributed by atoms with E-state index < -0.39 is 5.41 Å². The Kier molecular flexibility index (Phi) is 3.91. The average Bonchev–Trinajstić information content (AvgIpc) is 3.39. The van der Waals surface area contributed by atoms with Gasteiger partial charge >= 0.3 is 0 Å². The fourth-order valence-electron chi connectivity index (χ4n) is 6.20. The van der Waals surface area contributed by atoms with Gasteiger partial charge in [0.15, 0.2) is 0 Å². The van der Waals surface area contributed by atoms with Crippen LogP contribution in [0.1, 0.15) is 22.3 Å². The molecule has 1 spiro atoms. The van der Waals surface area contributed by atoms with Crippen molar-refractivity contribution in [2.45, 2.75) is 5.41 Å². The van der Waals surface area contributed by atoms with Gasteiger partial charge in [-0.3, -0.25) is 0 Å². The van der Waals surface area contributed by atoms with Crippen molar-refractivity contribution < 1.29 is 9.15 Å². The van der Waals surface area contributed by atoms with Gasteiger partial charge in [0.1, 0.15) is 22.7 Å². The molecule has 1 aliphatic heterocycles. The molecule has 6 aromatic rings. The zero-order chi connectivity index (χ0) is 23.3. The Bertz CT molecular complexity index is 1820. The maximum Gasteiger partial charge on any atom is 0.150 e. The van der Waals surface area contributed by atoms with Crippen LogP contribution in [0.5, 0.6) is 11.5 Å². The first kappa shape index (κ1) is 19.9. The molecular formula is C31H16Br2O2. The third kappa shape index (κ3) is 2.39. The van der Waals surface area contributed by atoms with Crippen molar-refractivity contribution in [3.8, 4) is 22.6 Å². The van der Waals surface area contributed by atoms with Gasteiger partial charge in [-0.05, 0) is 74.6 Å². The molecule has 1 aliphatic carbocycles. The quantitative estimate of drug-likeness (QED) is 0.178. The van der Waals surface area contributed by atoms with E-state index in [0.29, 0.717) is 0 Å². The molecule has 5 aromatic carbocycles. The lowest BCUT2D eigenvalue weighted by Gasteiger charge is -2.39. The van der Waals surface area contributed by atoms with Crippen molar-refractivity contribution in [2.75, 3.05) is 0 Å². The second-order valence-electron chi connectivity index (χ2n) is 9.12. The highest BCUT2D eigenvalue weighted by atomic mass is 79.9. The maximum absolute atomic E-state index is 6.46. The summed E-state index contributed by atoms with van der Waals surface area (Å²) < 4.78 is 14.8. The molecule has 166 valence electrons. The molecule has 8 rings (SSSR count). The summed E-state index contributed by atoms with van der Waals surface area (Å²) in [5.74, 6) is 1.77. The van der Waals surface area contributed by atoms with E-state index in [1.54, 1.807) is 0 Å². The fraction of sp³-hybridized carbons (Fsp3) is 0.0323. The van der Waals surface area contributed by atoms with Crippen molar-refractivity contribution >= 4 is 53.8 Å². The number of ether oxygens (including phenoxy) is 1. The van der Waals surface area contributed by atoms with Crippen molar-refractivity contribution in [1.29, 1.82) is 0 Å². The van der Waals surface area contributed by atoms with Gasteiger partial charge in [-0.1, -0.05) is 76.6 Å². The van der Waals surface area contributed by atoms with Crippen molar-refractivity contribution in [2.24, 2.45) is 0 Å². The highest BCUT2D eigenvalue weighted by Crippen LogP contribution is 2.64. The summed E-state index contributed by atoms with van der Waals surface area (Å²) in [4.78, 5) is 0. The minimum Gasteiger partial charge on any atom is -0.457 e. The van der Waals surface area contributed by atoms with Crippen LogP contribution in [0.15, 0.2) is 110 Å². The lowest BCUT2D eigenvalue weighted by atomic mass is 9.66. The summed E-state index contributed by atoms with van der Waals surface area (Å²) in [6.07, 6.45) is 0. The van der Waals surface area contributed by atoms with Gasteiger partial charge in [-0.15, -0.1) is 0 Å². The normalized spacial score (nSPS) is 14.5. The van der Waals surface area contributed by atoms with Gasteiger partial charge in [0, 0.05) is 26.4 Å². The number of furan rings is 1. The Morgan fingerprint density at radius 3 is 2.09 bits per heavy atom. The monoisotopic (exact) mass is 578 g/mol. The van der Waals surface area contributed by atoms with Crippen LogP contribution in [0.25, 0.3) is 33.1 Å². The number of hydrogen-bond acceptors (Lipinski definition) is 2. The molecule has 35 heavy (non-hydrogen) atoms. The predicted molar refractivity (Wildman–Crippen MR) is 146 cm³/mol. The molecule has 2 aliphatic rings. The number of rotatable bonds is 0. The van der Waals surface area contributed by atoms with Crippen LogP contribution in [0.3, 0.4) is 0 Å². The molecule has 0 radical (unpaired) electrons. The third-order valence-corrected chi connectivity index (χ3v) is 8.55. The molecule has 2 nitrogen and oxygen atoms in total. The first-order valence-corrected chi connectivity index (χ1v) is 13.1. The maximum atomic E-state index is 6.46. The molecule has 2 heterocycles. The number of halogens is 2. The minimum atomic E-state index is -0.519. The molecule has 0 saturated heterocycles. The van der Waals surface area contributed by atoms with E-state index in [0.717, 1.165) is 53.5 Å². The molecule has 0 fully saturated rings. The first-order valence-electron chi connectivity index (χ1n) is 11.5. The van der Waals surface area contributed by atoms with Crippen LogP contribution < -0.4 is 4.74 Å². The second kappa shape index (κ2) is 6.87. The first-order chi connectivity index (χ1) is 17.2. The van der Waals surface area contributed by atoms with Crippen LogP contribution in [-0.4, -0.2) is 0 Å². The smallest absolute Gasteiger partial charge is 0.150 e. The topological polar surface area (TPSA) is 22.4 Å². The summed E-state index contributed by atoms with van der Waals surface area (Å²) in [6, 6.07) is 34.1. The van der Waals surface area contributed by atoms with Gasteiger partial charge in [0.2, 0.25) is 0 Å². The predicted octanol–water partition coefficient (Wildman–Crippen LogP) is 9.58. The summed E-state index contributed by atoms with van der Waals surface area (Å²) >= 11 is 7.66. The summed E-state index contributed by atoms with van der Waals surface area (Å²) in [5.41, 5.74) is 8.48. The SMILES string of the molecule is Brc1ccc2c(c1)C1(c3ccccc3Oc3ccccc31)c1cc(Br)c3oc4ccccc4c3c1-2. The van der Waals surface area contributed by atoms with Gasteiger partial charge in [-0.25, -0.2) is 0 Å². The van der Waals surface area contributed by atoms with E-state index in [-0.39, 0.29) is 0 Å². The van der Waals surface area contributed by atoms with Crippen LogP contribution >= 0.6 is 31.9 Å². The van der Waals surface area contributed by atoms with Crippen LogP contribution in [-0.2, 0) is 5.41 Å². The number of para-hydroxylation sites is 3. The van der Waals surface area contributed by atoms with E-state index in [1.807, 2.05) is 24.3 Å². The van der Waals surface area contributed by atoms with Crippen LogP contribution in [0.2, 0.25) is 0 Å². The van der Waals surface area contributed by atoms with E-state index in [4.69, 9.17) is 9.15 Å².